The SMILES string of the molecule is CCOc1ccc(N2C(=O)[C@@H]3[C@@H]4C(=O)Oc5ccc6ccccc6c5C4=C[C@@H](c4ccc5c(c4)OCO5)[C@@H]3C2=O)cc1. The topological polar surface area (TPSA) is 91.4 Å². The normalized spacial score (nSPS) is 23.7. The molecule has 0 aromatic heterocycles. The van der Waals surface area contributed by atoms with E-state index in [1.54, 1.807) is 30.3 Å². The number of fused-ring (bicyclic) bond motifs is 8. The molecule has 8 rings (SSSR count). The van der Waals surface area contributed by atoms with Gasteiger partial charge >= 0.3 is 5.97 Å². The van der Waals surface area contributed by atoms with Crippen molar-refractivity contribution in [3.63, 3.8) is 0 Å². The molecular formula is C34H25NO7. The molecule has 4 atom stereocenters. The average molecular weight is 560 g/mol. The van der Waals surface area contributed by atoms with E-state index >= 15 is 0 Å². The fourth-order valence-corrected chi connectivity index (χ4v) is 6.89. The molecule has 1 aliphatic carbocycles. The molecule has 208 valence electrons. The Morgan fingerprint density at radius 2 is 1.60 bits per heavy atom. The summed E-state index contributed by atoms with van der Waals surface area (Å²) in [5, 5.41) is 1.90. The Morgan fingerprint density at radius 3 is 2.43 bits per heavy atom. The maximum atomic E-state index is 14.3. The summed E-state index contributed by atoms with van der Waals surface area (Å²) < 4.78 is 22.6. The van der Waals surface area contributed by atoms with Crippen molar-refractivity contribution in [2.45, 2.75) is 12.8 Å². The molecule has 1 saturated heterocycles. The van der Waals surface area contributed by atoms with E-state index in [4.69, 9.17) is 18.9 Å². The van der Waals surface area contributed by atoms with Gasteiger partial charge in [0.2, 0.25) is 18.6 Å². The second-order valence-corrected chi connectivity index (χ2v) is 10.8. The van der Waals surface area contributed by atoms with E-state index in [9.17, 15) is 14.4 Å². The van der Waals surface area contributed by atoms with E-state index in [-0.39, 0.29) is 12.7 Å². The Morgan fingerprint density at radius 1 is 0.833 bits per heavy atom. The van der Waals surface area contributed by atoms with E-state index in [1.807, 2.05) is 61.5 Å². The van der Waals surface area contributed by atoms with Gasteiger partial charge in [-0.2, -0.15) is 0 Å². The minimum Gasteiger partial charge on any atom is -0.494 e. The number of carbonyl (C=O) groups excluding carboxylic acids is 3. The molecule has 0 spiro atoms. The number of benzene rings is 4. The zero-order valence-electron chi connectivity index (χ0n) is 22.6. The predicted octanol–water partition coefficient (Wildman–Crippen LogP) is 5.49. The van der Waals surface area contributed by atoms with Crippen molar-refractivity contribution in [1.29, 1.82) is 0 Å². The van der Waals surface area contributed by atoms with E-state index in [2.05, 4.69) is 0 Å². The van der Waals surface area contributed by atoms with Crippen LogP contribution in [-0.4, -0.2) is 31.2 Å². The fraction of sp³-hybridized carbons (Fsp3) is 0.206. The summed E-state index contributed by atoms with van der Waals surface area (Å²) in [7, 11) is 0. The third-order valence-corrected chi connectivity index (χ3v) is 8.67. The number of hydrogen-bond donors (Lipinski definition) is 0. The molecule has 0 N–H and O–H groups in total. The first-order chi connectivity index (χ1) is 20.5. The number of esters is 1. The summed E-state index contributed by atoms with van der Waals surface area (Å²) in [4.78, 5) is 43.4. The third kappa shape index (κ3) is 3.51. The molecule has 8 nitrogen and oxygen atoms in total. The average Bonchev–Trinajstić information content (AvgIpc) is 3.58. The lowest BCUT2D eigenvalue weighted by Crippen LogP contribution is -2.42. The van der Waals surface area contributed by atoms with Gasteiger partial charge in [-0.05, 0) is 71.3 Å². The highest BCUT2D eigenvalue weighted by atomic mass is 16.7. The number of hydrogen-bond acceptors (Lipinski definition) is 7. The largest absolute Gasteiger partial charge is 0.494 e. The van der Waals surface area contributed by atoms with Crippen LogP contribution in [0.5, 0.6) is 23.0 Å². The Labute approximate surface area is 241 Å². The van der Waals surface area contributed by atoms with Crippen molar-refractivity contribution < 1.29 is 33.3 Å². The summed E-state index contributed by atoms with van der Waals surface area (Å²) in [5.41, 5.74) is 2.72. The quantitative estimate of drug-likeness (QED) is 0.186. The van der Waals surface area contributed by atoms with Crippen LogP contribution in [0.3, 0.4) is 0 Å². The maximum Gasteiger partial charge on any atom is 0.319 e. The van der Waals surface area contributed by atoms with Gasteiger partial charge in [0, 0.05) is 11.5 Å². The molecule has 0 saturated carbocycles. The number of rotatable bonds is 4. The number of ether oxygens (including phenoxy) is 4. The van der Waals surface area contributed by atoms with Crippen LogP contribution < -0.4 is 23.8 Å². The van der Waals surface area contributed by atoms with Gasteiger partial charge in [0.25, 0.3) is 0 Å². The van der Waals surface area contributed by atoms with Crippen molar-refractivity contribution in [2.24, 2.45) is 17.8 Å². The highest BCUT2D eigenvalue weighted by Crippen LogP contribution is 2.56. The Bertz CT molecular complexity index is 1840. The lowest BCUT2D eigenvalue weighted by Gasteiger charge is -2.38. The lowest BCUT2D eigenvalue weighted by atomic mass is 9.64. The van der Waals surface area contributed by atoms with Gasteiger partial charge < -0.3 is 18.9 Å². The Kier molecular flexibility index (Phi) is 5.41. The summed E-state index contributed by atoms with van der Waals surface area (Å²) in [6.07, 6.45) is 1.99. The lowest BCUT2D eigenvalue weighted by molar-refractivity contribution is -0.142. The molecular weight excluding hydrogens is 534 g/mol. The highest BCUT2D eigenvalue weighted by molar-refractivity contribution is 6.25. The molecule has 2 amide bonds. The van der Waals surface area contributed by atoms with Gasteiger partial charge in [-0.3, -0.25) is 14.4 Å². The smallest absolute Gasteiger partial charge is 0.319 e. The summed E-state index contributed by atoms with van der Waals surface area (Å²) >= 11 is 0. The number of imide groups is 1. The minimum atomic E-state index is -0.945. The fourth-order valence-electron chi connectivity index (χ4n) is 6.89. The maximum absolute atomic E-state index is 14.3. The van der Waals surface area contributed by atoms with Gasteiger partial charge in [0.15, 0.2) is 11.5 Å². The van der Waals surface area contributed by atoms with Gasteiger partial charge in [-0.25, -0.2) is 4.90 Å². The zero-order valence-corrected chi connectivity index (χ0v) is 22.6. The van der Waals surface area contributed by atoms with Gasteiger partial charge in [-0.15, -0.1) is 0 Å². The number of carbonyl (C=O) groups is 3. The van der Waals surface area contributed by atoms with Crippen LogP contribution in [0.25, 0.3) is 16.3 Å². The summed E-state index contributed by atoms with van der Waals surface area (Å²) in [6, 6.07) is 24.0. The minimum absolute atomic E-state index is 0.118. The molecule has 3 aliphatic heterocycles. The first-order valence-corrected chi connectivity index (χ1v) is 14.0. The van der Waals surface area contributed by atoms with E-state index in [1.165, 1.54) is 4.90 Å². The number of allylic oxidation sites excluding steroid dienone is 1. The van der Waals surface area contributed by atoms with Crippen LogP contribution in [0.15, 0.2) is 84.9 Å². The van der Waals surface area contributed by atoms with Crippen molar-refractivity contribution in [3.8, 4) is 23.0 Å². The van der Waals surface area contributed by atoms with Crippen molar-refractivity contribution in [1.82, 2.24) is 0 Å². The van der Waals surface area contributed by atoms with Crippen molar-refractivity contribution in [2.75, 3.05) is 18.3 Å². The van der Waals surface area contributed by atoms with Crippen molar-refractivity contribution >= 4 is 39.8 Å². The first kappa shape index (κ1) is 24.7. The number of amides is 2. The summed E-state index contributed by atoms with van der Waals surface area (Å²) in [6.45, 7) is 2.50. The Balaban J connectivity index is 1.32. The van der Waals surface area contributed by atoms with Crippen LogP contribution in [0.1, 0.15) is 24.0 Å². The van der Waals surface area contributed by atoms with E-state index in [0.29, 0.717) is 40.9 Å². The van der Waals surface area contributed by atoms with Gasteiger partial charge in [0.1, 0.15) is 11.5 Å². The second-order valence-electron chi connectivity index (χ2n) is 10.8. The monoisotopic (exact) mass is 559 g/mol. The van der Waals surface area contributed by atoms with Crippen LogP contribution in [-0.2, 0) is 14.4 Å². The van der Waals surface area contributed by atoms with Gasteiger partial charge in [-0.1, -0.05) is 42.5 Å². The molecule has 0 bridgehead atoms. The zero-order chi connectivity index (χ0) is 28.5. The van der Waals surface area contributed by atoms with Crippen molar-refractivity contribution in [3.05, 3.63) is 96.1 Å². The molecule has 4 aromatic rings. The predicted molar refractivity (Wildman–Crippen MR) is 153 cm³/mol. The van der Waals surface area contributed by atoms with Crippen LogP contribution in [0, 0.1) is 17.8 Å². The van der Waals surface area contributed by atoms with E-state index < -0.39 is 35.5 Å². The number of anilines is 1. The molecule has 0 unspecified atom stereocenters. The molecule has 4 aromatic carbocycles. The van der Waals surface area contributed by atoms with E-state index in [0.717, 1.165) is 21.9 Å². The Hall–Kier alpha value is -5.11. The molecule has 4 aliphatic rings. The molecule has 8 heteroatoms. The standard InChI is InChI=1S/C34H25NO7/c1-2-39-21-11-9-20(10-12-21)35-32(36)29-23(19-8-13-25-27(15-19)41-17-40-25)16-24-28-22-6-4-3-5-18(22)7-14-26(28)42-34(38)30(24)31(29)33(35)37/h3-16,23,29-31H,2,17H2,1H3/t23-,29-,30+,31-/m0/s1. The number of nitrogens with zero attached hydrogens (tertiary/aromatic N) is 1. The van der Waals surface area contributed by atoms with Crippen LogP contribution in [0.2, 0.25) is 0 Å². The third-order valence-electron chi connectivity index (χ3n) is 8.67. The second kappa shape index (κ2) is 9.21. The molecule has 42 heavy (non-hydrogen) atoms. The highest BCUT2D eigenvalue weighted by Gasteiger charge is 2.60. The van der Waals surface area contributed by atoms with Crippen LogP contribution in [0.4, 0.5) is 5.69 Å². The molecule has 1 fully saturated rings. The molecule has 0 radical (unpaired) electrons. The first-order valence-electron chi connectivity index (χ1n) is 14.0. The van der Waals surface area contributed by atoms with Crippen LogP contribution >= 0.6 is 0 Å². The molecule has 3 heterocycles. The van der Waals surface area contributed by atoms with Gasteiger partial charge in [0.05, 0.1) is 30.0 Å². The summed E-state index contributed by atoms with van der Waals surface area (Å²) in [5.74, 6) is -2.21.